The van der Waals surface area contributed by atoms with Crippen LogP contribution in [0.15, 0.2) is 53.4 Å². The van der Waals surface area contributed by atoms with Gasteiger partial charge in [0.25, 0.3) is 0 Å². The van der Waals surface area contributed by atoms with E-state index in [2.05, 4.69) is 31.3 Å². The molecule has 3 heterocycles. The molecule has 192 valence electrons. The number of benzene rings is 2. The lowest BCUT2D eigenvalue weighted by Crippen LogP contribution is -2.39. The molecule has 37 heavy (non-hydrogen) atoms. The van der Waals surface area contributed by atoms with Crippen LogP contribution in [0, 0.1) is 5.92 Å². The van der Waals surface area contributed by atoms with Crippen molar-refractivity contribution < 1.29 is 14.6 Å². The first-order valence-corrected chi connectivity index (χ1v) is 13.0. The summed E-state index contributed by atoms with van der Waals surface area (Å²) in [6, 6.07) is 9.89. The fourth-order valence-electron chi connectivity index (χ4n) is 3.98. The molecule has 4 aromatic rings. The highest BCUT2D eigenvalue weighted by atomic mass is 32.1. The molecule has 5 rings (SSSR count). The molecule has 0 saturated carbocycles. The molecule has 0 spiro atoms. The minimum atomic E-state index is -0.913. The van der Waals surface area contributed by atoms with Crippen LogP contribution in [0.4, 0.5) is 11.5 Å². The molecule has 1 aliphatic heterocycles. The van der Waals surface area contributed by atoms with E-state index in [0.29, 0.717) is 41.8 Å². The van der Waals surface area contributed by atoms with Crippen molar-refractivity contribution in [1.29, 1.82) is 0 Å². The molecule has 1 aliphatic rings. The number of hydrogen-bond acceptors (Lipinski definition) is 10. The quantitative estimate of drug-likeness (QED) is 0.276. The number of fused-ring (bicyclic) bond motifs is 2. The van der Waals surface area contributed by atoms with E-state index >= 15 is 0 Å². The van der Waals surface area contributed by atoms with Gasteiger partial charge in [0.15, 0.2) is 0 Å². The molecule has 4 N–H and O–H groups in total. The van der Waals surface area contributed by atoms with E-state index in [1.54, 1.807) is 31.4 Å². The number of aliphatic imine (C=N–C) groups is 1. The Hall–Kier alpha value is -3.60. The zero-order chi connectivity index (χ0) is 26.0. The molecule has 9 nitrogen and oxygen atoms in total. The summed E-state index contributed by atoms with van der Waals surface area (Å²) < 4.78 is 13.0. The highest BCUT2D eigenvalue weighted by Crippen LogP contribution is 2.36. The summed E-state index contributed by atoms with van der Waals surface area (Å²) in [4.78, 5) is 17.8. The molecule has 0 bridgehead atoms. The Bertz CT molecular complexity index is 1470. The van der Waals surface area contributed by atoms with Crippen molar-refractivity contribution in [2.75, 3.05) is 25.1 Å². The number of nitrogens with zero attached hydrogens (tertiary/aromatic N) is 4. The number of thiazole rings is 1. The Morgan fingerprint density at radius 1 is 1.27 bits per heavy atom. The Morgan fingerprint density at radius 3 is 2.84 bits per heavy atom. The van der Waals surface area contributed by atoms with E-state index in [0.717, 1.165) is 26.9 Å². The molecular weight excluding hydrogens is 488 g/mol. The van der Waals surface area contributed by atoms with E-state index in [1.165, 1.54) is 12.5 Å². The highest BCUT2D eigenvalue weighted by Gasteiger charge is 2.28. The molecule has 2 aromatic carbocycles. The monoisotopic (exact) mass is 518 g/mol. The second-order valence-electron chi connectivity index (χ2n) is 9.78. The van der Waals surface area contributed by atoms with Crippen molar-refractivity contribution in [3.8, 4) is 5.75 Å². The summed E-state index contributed by atoms with van der Waals surface area (Å²) >= 11 is 1.59. The maximum Gasteiger partial charge on any atom is 0.145 e. The van der Waals surface area contributed by atoms with Crippen molar-refractivity contribution in [3.63, 3.8) is 0 Å². The number of aromatic nitrogens is 3. The first kappa shape index (κ1) is 25.1. The number of allylic oxidation sites excluding steroid dienone is 1. The summed E-state index contributed by atoms with van der Waals surface area (Å²) in [5, 5.41) is 14.2. The number of anilines is 2. The molecule has 0 amide bonds. The summed E-state index contributed by atoms with van der Waals surface area (Å²) in [5.74, 6) is 1.59. The summed E-state index contributed by atoms with van der Waals surface area (Å²) in [7, 11) is 0. The molecule has 10 heteroatoms. The van der Waals surface area contributed by atoms with Gasteiger partial charge in [0.1, 0.15) is 24.0 Å². The van der Waals surface area contributed by atoms with Gasteiger partial charge in [-0.25, -0.2) is 15.0 Å². The zero-order valence-electron chi connectivity index (χ0n) is 21.0. The lowest BCUT2D eigenvalue weighted by atomic mass is 10.0. The summed E-state index contributed by atoms with van der Waals surface area (Å²) in [6.07, 6.45) is 4.62. The van der Waals surface area contributed by atoms with Crippen molar-refractivity contribution in [1.82, 2.24) is 15.0 Å². The number of nitrogens with one attached hydrogen (secondary N) is 1. The minimum absolute atomic E-state index is 0.0667. The van der Waals surface area contributed by atoms with Gasteiger partial charge in [0.05, 0.1) is 52.0 Å². The largest absolute Gasteiger partial charge is 0.489 e. The second-order valence-corrected chi connectivity index (χ2v) is 10.7. The van der Waals surface area contributed by atoms with E-state index in [1.807, 2.05) is 36.7 Å². The number of aliphatic hydroxyl groups is 1. The Morgan fingerprint density at radius 2 is 2.11 bits per heavy atom. The highest BCUT2D eigenvalue weighted by molar-refractivity contribution is 7.16. The van der Waals surface area contributed by atoms with Gasteiger partial charge in [0.2, 0.25) is 0 Å². The van der Waals surface area contributed by atoms with Crippen LogP contribution >= 0.6 is 11.3 Å². The molecule has 1 fully saturated rings. The van der Waals surface area contributed by atoms with Gasteiger partial charge < -0.3 is 25.6 Å². The lowest BCUT2D eigenvalue weighted by Gasteiger charge is -2.32. The molecular formula is C27H30N6O3S. The standard InChI is InChI=1S/C27H30N6O3S/c1-16(19-11-35-12-19)36-23-7-17(18(9-28)10-29-13-27(2,3)34)6-22-25(23)26(31-14-30-22)33-20-4-5-21-24(8-20)37-15-32-21/h4-10,14-16,19,34H,11-13,28H2,1-3H3,(H,30,31,33)/b18-9+,29-10?. The number of ether oxygens (including phenoxy) is 2. The zero-order valence-corrected chi connectivity index (χ0v) is 21.8. The normalized spacial score (nSPS) is 15.8. The Kier molecular flexibility index (Phi) is 7.05. The molecule has 0 aliphatic carbocycles. The third-order valence-electron chi connectivity index (χ3n) is 6.16. The second kappa shape index (κ2) is 10.4. The van der Waals surface area contributed by atoms with Crippen LogP contribution in [0.1, 0.15) is 26.3 Å². The van der Waals surface area contributed by atoms with Crippen LogP contribution in [0.5, 0.6) is 5.75 Å². The number of hydrogen-bond donors (Lipinski definition) is 3. The third-order valence-corrected chi connectivity index (χ3v) is 6.95. The first-order valence-electron chi connectivity index (χ1n) is 12.1. The van der Waals surface area contributed by atoms with Crippen LogP contribution in [-0.4, -0.2) is 57.7 Å². The average molecular weight is 519 g/mol. The Labute approximate surface area is 219 Å². The minimum Gasteiger partial charge on any atom is -0.489 e. The molecule has 1 saturated heterocycles. The SMILES string of the molecule is CC(Oc1cc(/C(C=NCC(C)(C)O)=C/N)cc2ncnc(Nc3ccc4ncsc4c3)c12)C1COC1. The average Bonchev–Trinajstić information content (AvgIpc) is 3.28. The van der Waals surface area contributed by atoms with E-state index in [-0.39, 0.29) is 12.6 Å². The predicted molar refractivity (Wildman–Crippen MR) is 149 cm³/mol. The fourth-order valence-corrected chi connectivity index (χ4v) is 4.70. The number of nitrogens with two attached hydrogens (primary N) is 1. The Balaban J connectivity index is 1.56. The van der Waals surface area contributed by atoms with Crippen LogP contribution in [0.3, 0.4) is 0 Å². The lowest BCUT2D eigenvalue weighted by molar-refractivity contribution is -0.0773. The van der Waals surface area contributed by atoms with Crippen molar-refractivity contribution >= 4 is 55.7 Å². The summed E-state index contributed by atoms with van der Waals surface area (Å²) in [6.45, 7) is 7.06. The van der Waals surface area contributed by atoms with Crippen LogP contribution in [0.2, 0.25) is 0 Å². The van der Waals surface area contributed by atoms with Crippen LogP contribution in [-0.2, 0) is 4.74 Å². The molecule has 1 unspecified atom stereocenters. The van der Waals surface area contributed by atoms with E-state index in [4.69, 9.17) is 15.2 Å². The topological polar surface area (TPSA) is 128 Å². The van der Waals surface area contributed by atoms with E-state index < -0.39 is 5.60 Å². The van der Waals surface area contributed by atoms with E-state index in [9.17, 15) is 5.11 Å². The van der Waals surface area contributed by atoms with Crippen molar-refractivity contribution in [3.05, 3.63) is 53.9 Å². The van der Waals surface area contributed by atoms with Gasteiger partial charge >= 0.3 is 0 Å². The number of rotatable bonds is 9. The van der Waals surface area contributed by atoms with Crippen molar-refractivity contribution in [2.45, 2.75) is 32.5 Å². The smallest absolute Gasteiger partial charge is 0.145 e. The molecule has 1 atom stereocenters. The van der Waals surface area contributed by atoms with Crippen LogP contribution < -0.4 is 15.8 Å². The molecule has 0 radical (unpaired) electrons. The predicted octanol–water partition coefficient (Wildman–Crippen LogP) is 4.54. The molecule has 2 aromatic heterocycles. The van der Waals surface area contributed by atoms with Gasteiger partial charge in [-0.2, -0.15) is 0 Å². The van der Waals surface area contributed by atoms with Gasteiger partial charge in [-0.15, -0.1) is 11.3 Å². The summed E-state index contributed by atoms with van der Waals surface area (Å²) in [5.41, 5.74) is 11.0. The maximum atomic E-state index is 10.0. The van der Waals surface area contributed by atoms with Gasteiger partial charge in [-0.05, 0) is 56.7 Å². The fraction of sp³-hybridized carbons (Fsp3) is 0.333. The van der Waals surface area contributed by atoms with Crippen LogP contribution in [0.25, 0.3) is 26.7 Å². The first-order chi connectivity index (χ1) is 17.8. The maximum absolute atomic E-state index is 10.0. The third kappa shape index (κ3) is 5.71. The van der Waals surface area contributed by atoms with Gasteiger partial charge in [0, 0.05) is 29.6 Å². The van der Waals surface area contributed by atoms with Gasteiger partial charge in [-0.1, -0.05) is 0 Å². The van der Waals surface area contributed by atoms with Gasteiger partial charge in [-0.3, -0.25) is 4.99 Å². The van der Waals surface area contributed by atoms with Crippen molar-refractivity contribution in [2.24, 2.45) is 16.6 Å².